The maximum absolute atomic E-state index is 13.8. The fourth-order valence-corrected chi connectivity index (χ4v) is 4.82. The second-order valence-corrected chi connectivity index (χ2v) is 9.49. The summed E-state index contributed by atoms with van der Waals surface area (Å²) in [5.41, 5.74) is 5.89. The van der Waals surface area contributed by atoms with E-state index >= 15 is 0 Å². The normalized spacial score (nSPS) is 14.3. The molecule has 0 saturated carbocycles. The average molecular weight is 522 g/mol. The number of carbonyl (C=O) groups is 2. The highest BCUT2D eigenvalue weighted by Crippen LogP contribution is 2.38. The van der Waals surface area contributed by atoms with Gasteiger partial charge in [-0.1, -0.05) is 55.5 Å². The quantitative estimate of drug-likeness (QED) is 0.280. The van der Waals surface area contributed by atoms with E-state index in [9.17, 15) is 9.59 Å². The van der Waals surface area contributed by atoms with Gasteiger partial charge in [0.2, 0.25) is 0 Å². The Morgan fingerprint density at radius 3 is 2.46 bits per heavy atom. The van der Waals surface area contributed by atoms with Gasteiger partial charge in [-0.3, -0.25) is 9.59 Å². The minimum atomic E-state index is -0.553. The van der Waals surface area contributed by atoms with Gasteiger partial charge in [0.1, 0.15) is 23.2 Å². The number of fused-ring (bicyclic) bond motifs is 1. The number of nitrogens with zero attached hydrogens (tertiary/aromatic N) is 2. The Morgan fingerprint density at radius 1 is 0.974 bits per heavy atom. The molecule has 1 aliphatic heterocycles. The number of hydrogen-bond acceptors (Lipinski definition) is 5. The number of para-hydroxylation sites is 2. The molecule has 0 bridgehead atoms. The molecule has 1 aromatic heterocycles. The van der Waals surface area contributed by atoms with Crippen LogP contribution >= 0.6 is 0 Å². The number of ether oxygens (including phenoxy) is 1. The molecule has 8 nitrogen and oxygen atoms in total. The smallest absolute Gasteiger partial charge is 0.261 e. The van der Waals surface area contributed by atoms with Crippen LogP contribution in [-0.2, 0) is 11.2 Å². The number of anilines is 3. The lowest BCUT2D eigenvalue weighted by Crippen LogP contribution is -2.32. The molecule has 0 fully saturated rings. The molecule has 4 aromatic rings. The minimum Gasteiger partial charge on any atom is -0.495 e. The van der Waals surface area contributed by atoms with Crippen LogP contribution < -0.4 is 20.7 Å². The zero-order valence-electron chi connectivity index (χ0n) is 22.4. The molecular weight excluding hydrogens is 490 g/mol. The van der Waals surface area contributed by atoms with Crippen molar-refractivity contribution in [2.75, 3.05) is 23.1 Å². The summed E-state index contributed by atoms with van der Waals surface area (Å²) in [6.07, 6.45) is 2.44. The summed E-state index contributed by atoms with van der Waals surface area (Å²) in [6.45, 7) is 5.91. The van der Waals surface area contributed by atoms with Gasteiger partial charge in [0.15, 0.2) is 0 Å². The summed E-state index contributed by atoms with van der Waals surface area (Å²) in [5, 5.41) is 13.8. The number of carbonyl (C=O) groups excluding carboxylic acids is 2. The Labute approximate surface area is 227 Å². The van der Waals surface area contributed by atoms with E-state index in [2.05, 4.69) is 40.1 Å². The van der Waals surface area contributed by atoms with Crippen molar-refractivity contribution in [1.29, 1.82) is 0 Å². The second kappa shape index (κ2) is 10.9. The average Bonchev–Trinajstić information content (AvgIpc) is 3.36. The highest BCUT2D eigenvalue weighted by Gasteiger charge is 2.35. The van der Waals surface area contributed by atoms with Gasteiger partial charge in [-0.05, 0) is 61.2 Å². The van der Waals surface area contributed by atoms with Crippen LogP contribution in [0, 0.1) is 6.92 Å². The van der Waals surface area contributed by atoms with Crippen LogP contribution in [0.25, 0.3) is 0 Å². The molecule has 198 valence electrons. The molecule has 8 heteroatoms. The van der Waals surface area contributed by atoms with Gasteiger partial charge in [-0.2, -0.15) is 5.10 Å². The van der Waals surface area contributed by atoms with Gasteiger partial charge >= 0.3 is 0 Å². The zero-order valence-corrected chi connectivity index (χ0v) is 22.4. The van der Waals surface area contributed by atoms with Gasteiger partial charge in [0.05, 0.1) is 24.6 Å². The predicted molar refractivity (Wildman–Crippen MR) is 153 cm³/mol. The van der Waals surface area contributed by atoms with Crippen molar-refractivity contribution in [2.24, 2.45) is 0 Å². The molecule has 39 heavy (non-hydrogen) atoms. The van der Waals surface area contributed by atoms with Gasteiger partial charge in [-0.15, -0.1) is 0 Å². The molecule has 5 rings (SSSR count). The van der Waals surface area contributed by atoms with E-state index in [1.165, 1.54) is 11.8 Å². The Bertz CT molecular complexity index is 1570. The number of allylic oxidation sites excluding steroid dienone is 1. The van der Waals surface area contributed by atoms with Crippen LogP contribution in [0.15, 0.2) is 90.3 Å². The van der Waals surface area contributed by atoms with E-state index < -0.39 is 6.04 Å². The molecule has 1 aliphatic rings. The van der Waals surface area contributed by atoms with Crippen LogP contribution in [-0.4, -0.2) is 28.7 Å². The highest BCUT2D eigenvalue weighted by atomic mass is 16.5. The Balaban J connectivity index is 1.55. The van der Waals surface area contributed by atoms with E-state index in [4.69, 9.17) is 4.74 Å². The van der Waals surface area contributed by atoms with Crippen LogP contribution in [0.5, 0.6) is 5.75 Å². The summed E-state index contributed by atoms with van der Waals surface area (Å²) in [7, 11) is 1.56. The Hall–Kier alpha value is -4.85. The first-order chi connectivity index (χ1) is 18.9. The third-order valence-corrected chi connectivity index (χ3v) is 6.85. The molecule has 0 unspecified atom stereocenters. The van der Waals surface area contributed by atoms with Crippen molar-refractivity contribution in [1.82, 2.24) is 9.78 Å². The van der Waals surface area contributed by atoms with Gasteiger partial charge in [0, 0.05) is 11.4 Å². The number of aromatic nitrogens is 2. The van der Waals surface area contributed by atoms with E-state index in [0.717, 1.165) is 17.5 Å². The molecule has 1 atom stereocenters. The third kappa shape index (κ3) is 5.13. The summed E-state index contributed by atoms with van der Waals surface area (Å²) in [6, 6.07) is 22.5. The Morgan fingerprint density at radius 2 is 1.74 bits per heavy atom. The lowest BCUT2D eigenvalue weighted by Gasteiger charge is -2.30. The standard InChI is InChI=1S/C31H31N5O3/c1-5-21-13-15-22(16-14-21)28-27(31(38)35-25-11-6-7-12-26(25)39-4)20(3)33-29-24(18-32-36(28)29)30(37)34-23-10-8-9-19(2)17-23/h6-18,28,33H,5H2,1-4H3,(H,34,37)(H,35,38)/t28-/m0/s1. The monoisotopic (exact) mass is 521 g/mol. The predicted octanol–water partition coefficient (Wildman–Crippen LogP) is 5.94. The fraction of sp³-hybridized carbons (Fsp3) is 0.194. The van der Waals surface area contributed by atoms with Crippen molar-refractivity contribution >= 4 is 29.0 Å². The first kappa shape index (κ1) is 25.8. The minimum absolute atomic E-state index is 0.288. The first-order valence-electron chi connectivity index (χ1n) is 12.9. The van der Waals surface area contributed by atoms with Crippen molar-refractivity contribution in [3.8, 4) is 5.75 Å². The van der Waals surface area contributed by atoms with E-state index in [1.807, 2.05) is 62.4 Å². The largest absolute Gasteiger partial charge is 0.495 e. The number of amides is 2. The third-order valence-electron chi connectivity index (χ3n) is 6.85. The molecule has 2 heterocycles. The van der Waals surface area contributed by atoms with Gasteiger partial charge in [0.25, 0.3) is 11.8 Å². The molecule has 0 radical (unpaired) electrons. The molecular formula is C31H31N5O3. The zero-order chi connectivity index (χ0) is 27.5. The Kier molecular flexibility index (Phi) is 7.19. The van der Waals surface area contributed by atoms with Crippen molar-refractivity contribution in [2.45, 2.75) is 33.2 Å². The molecule has 3 aromatic carbocycles. The molecule has 2 amide bonds. The number of nitrogens with one attached hydrogen (secondary N) is 3. The second-order valence-electron chi connectivity index (χ2n) is 9.49. The first-order valence-corrected chi connectivity index (χ1v) is 12.9. The summed E-state index contributed by atoms with van der Waals surface area (Å²) in [5.74, 6) is 0.507. The SMILES string of the molecule is CCc1ccc([C@H]2C(C(=O)Nc3ccccc3OC)=C(C)Nc3c(C(=O)Nc4cccc(C)c4)cnn32)cc1. The molecule has 3 N–H and O–H groups in total. The fourth-order valence-electron chi connectivity index (χ4n) is 4.82. The van der Waals surface area contributed by atoms with Crippen molar-refractivity contribution in [3.05, 3.63) is 113 Å². The maximum Gasteiger partial charge on any atom is 0.261 e. The molecule has 0 aliphatic carbocycles. The van der Waals surface area contributed by atoms with E-state index in [1.54, 1.807) is 23.9 Å². The lowest BCUT2D eigenvalue weighted by molar-refractivity contribution is -0.113. The van der Waals surface area contributed by atoms with Crippen LogP contribution in [0.2, 0.25) is 0 Å². The topological polar surface area (TPSA) is 97.3 Å². The molecule has 0 saturated heterocycles. The van der Waals surface area contributed by atoms with Gasteiger partial charge in [-0.25, -0.2) is 4.68 Å². The van der Waals surface area contributed by atoms with E-state index in [-0.39, 0.29) is 11.8 Å². The van der Waals surface area contributed by atoms with E-state index in [0.29, 0.717) is 39.8 Å². The highest BCUT2D eigenvalue weighted by molar-refractivity contribution is 6.09. The summed E-state index contributed by atoms with van der Waals surface area (Å²) < 4.78 is 7.14. The summed E-state index contributed by atoms with van der Waals surface area (Å²) >= 11 is 0. The number of rotatable bonds is 7. The number of methoxy groups -OCH3 is 1. The van der Waals surface area contributed by atoms with Gasteiger partial charge < -0.3 is 20.7 Å². The summed E-state index contributed by atoms with van der Waals surface area (Å²) in [4.78, 5) is 27.1. The lowest BCUT2D eigenvalue weighted by atomic mass is 9.93. The number of benzene rings is 3. The van der Waals surface area contributed by atoms with Crippen molar-refractivity contribution < 1.29 is 14.3 Å². The molecule has 0 spiro atoms. The maximum atomic E-state index is 13.8. The number of aryl methyl sites for hydroxylation is 2. The van der Waals surface area contributed by atoms with Crippen LogP contribution in [0.4, 0.5) is 17.2 Å². The van der Waals surface area contributed by atoms with Crippen LogP contribution in [0.1, 0.15) is 46.9 Å². The number of hydrogen-bond donors (Lipinski definition) is 3. The van der Waals surface area contributed by atoms with Crippen LogP contribution in [0.3, 0.4) is 0 Å². The van der Waals surface area contributed by atoms with Crippen molar-refractivity contribution in [3.63, 3.8) is 0 Å².